The van der Waals surface area contributed by atoms with E-state index in [1.807, 2.05) is 12.1 Å². The lowest BCUT2D eigenvalue weighted by atomic mass is 10.1. The van der Waals surface area contributed by atoms with Gasteiger partial charge in [0.2, 0.25) is 0 Å². The Labute approximate surface area is 86.0 Å². The zero-order valence-corrected chi connectivity index (χ0v) is 9.14. The molecule has 0 aliphatic heterocycles. The fourth-order valence-corrected chi connectivity index (χ4v) is 1.39. The summed E-state index contributed by atoms with van der Waals surface area (Å²) in [5, 5.41) is 3.44. The van der Waals surface area contributed by atoms with E-state index < -0.39 is 0 Å². The van der Waals surface area contributed by atoms with Crippen LogP contribution in [0.3, 0.4) is 0 Å². The predicted molar refractivity (Wildman–Crippen MR) is 60.4 cm³/mol. The molecule has 0 fully saturated rings. The van der Waals surface area contributed by atoms with Gasteiger partial charge in [-0.1, -0.05) is 19.1 Å². The van der Waals surface area contributed by atoms with Crippen LogP contribution in [0.15, 0.2) is 29.2 Å². The van der Waals surface area contributed by atoms with Crippen molar-refractivity contribution in [1.29, 1.82) is 0 Å². The highest BCUT2D eigenvalue weighted by atomic mass is 32.1. The normalized spacial score (nSPS) is 12.8. The number of benzene rings is 1. The zero-order valence-electron chi connectivity index (χ0n) is 8.25. The van der Waals surface area contributed by atoms with E-state index >= 15 is 0 Å². The van der Waals surface area contributed by atoms with Gasteiger partial charge in [0.1, 0.15) is 0 Å². The summed E-state index contributed by atoms with van der Waals surface area (Å²) >= 11 is 4.25. The van der Waals surface area contributed by atoms with E-state index in [1.165, 1.54) is 12.0 Å². The molecule has 1 unspecified atom stereocenters. The van der Waals surface area contributed by atoms with Crippen LogP contribution in [-0.2, 0) is 0 Å². The summed E-state index contributed by atoms with van der Waals surface area (Å²) in [7, 11) is 0. The molecule has 0 aliphatic rings. The van der Waals surface area contributed by atoms with E-state index in [-0.39, 0.29) is 0 Å². The minimum Gasteiger partial charge on any atom is -0.310 e. The average molecular weight is 195 g/mol. The fourth-order valence-electron chi connectivity index (χ4n) is 1.24. The second-order valence-electron chi connectivity index (χ2n) is 3.27. The molecule has 2 heteroatoms. The van der Waals surface area contributed by atoms with Crippen LogP contribution >= 0.6 is 12.6 Å². The Morgan fingerprint density at radius 1 is 1.31 bits per heavy atom. The van der Waals surface area contributed by atoms with Crippen molar-refractivity contribution >= 4 is 12.6 Å². The molecule has 0 spiro atoms. The van der Waals surface area contributed by atoms with Crippen LogP contribution in [-0.4, -0.2) is 6.54 Å². The first kappa shape index (κ1) is 10.6. The number of hydrogen-bond donors (Lipinski definition) is 2. The molecule has 0 bridgehead atoms. The largest absolute Gasteiger partial charge is 0.310 e. The third-order valence-electron chi connectivity index (χ3n) is 2.09. The summed E-state index contributed by atoms with van der Waals surface area (Å²) in [5.41, 5.74) is 1.33. The van der Waals surface area contributed by atoms with Gasteiger partial charge >= 0.3 is 0 Å². The van der Waals surface area contributed by atoms with Gasteiger partial charge in [0.25, 0.3) is 0 Å². The molecule has 0 radical (unpaired) electrons. The van der Waals surface area contributed by atoms with Gasteiger partial charge in [-0.2, -0.15) is 0 Å². The Morgan fingerprint density at radius 3 is 2.46 bits per heavy atom. The first-order valence-corrected chi connectivity index (χ1v) is 5.21. The lowest BCUT2D eigenvalue weighted by Crippen LogP contribution is -2.19. The Morgan fingerprint density at radius 2 is 1.92 bits per heavy atom. The van der Waals surface area contributed by atoms with Crippen LogP contribution < -0.4 is 5.32 Å². The predicted octanol–water partition coefficient (Wildman–Crippen LogP) is 3.04. The second kappa shape index (κ2) is 5.30. The number of nitrogens with one attached hydrogen (secondary N) is 1. The molecule has 1 aromatic rings. The molecular weight excluding hydrogens is 178 g/mol. The summed E-state index contributed by atoms with van der Waals surface area (Å²) in [6.45, 7) is 5.43. The van der Waals surface area contributed by atoms with Gasteiger partial charge in [-0.25, -0.2) is 0 Å². The molecule has 0 amide bonds. The fraction of sp³-hybridized carbons (Fsp3) is 0.455. The molecule has 0 aliphatic carbocycles. The van der Waals surface area contributed by atoms with Crippen molar-refractivity contribution in [3.63, 3.8) is 0 Å². The van der Waals surface area contributed by atoms with Crippen LogP contribution in [0.2, 0.25) is 0 Å². The van der Waals surface area contributed by atoms with Crippen molar-refractivity contribution in [2.75, 3.05) is 6.54 Å². The van der Waals surface area contributed by atoms with Gasteiger partial charge in [0.05, 0.1) is 0 Å². The highest BCUT2D eigenvalue weighted by molar-refractivity contribution is 7.80. The molecule has 1 nitrogen and oxygen atoms in total. The number of thiol groups is 1. The molecule has 13 heavy (non-hydrogen) atoms. The Kier molecular flexibility index (Phi) is 4.33. The highest BCUT2D eigenvalue weighted by Gasteiger charge is 2.02. The second-order valence-corrected chi connectivity index (χ2v) is 3.78. The van der Waals surface area contributed by atoms with Crippen LogP contribution in [0.4, 0.5) is 0 Å². The van der Waals surface area contributed by atoms with Gasteiger partial charge < -0.3 is 5.32 Å². The molecule has 1 N–H and O–H groups in total. The monoisotopic (exact) mass is 195 g/mol. The Hall–Kier alpha value is -0.470. The van der Waals surface area contributed by atoms with E-state index in [1.54, 1.807) is 0 Å². The van der Waals surface area contributed by atoms with Crippen LogP contribution in [0.25, 0.3) is 0 Å². The van der Waals surface area contributed by atoms with Crippen molar-refractivity contribution in [1.82, 2.24) is 5.32 Å². The minimum atomic E-state index is 0.439. The van der Waals surface area contributed by atoms with Crippen LogP contribution in [0, 0.1) is 0 Å². The van der Waals surface area contributed by atoms with Crippen molar-refractivity contribution in [2.24, 2.45) is 0 Å². The van der Waals surface area contributed by atoms with E-state index in [9.17, 15) is 0 Å². The molecule has 0 aromatic heterocycles. The quantitative estimate of drug-likeness (QED) is 0.704. The van der Waals surface area contributed by atoms with Crippen molar-refractivity contribution in [3.8, 4) is 0 Å². The number of rotatable bonds is 4. The van der Waals surface area contributed by atoms with Crippen LogP contribution in [0.1, 0.15) is 31.9 Å². The Bertz CT molecular complexity index is 243. The van der Waals surface area contributed by atoms with E-state index in [0.29, 0.717) is 6.04 Å². The molecule has 1 rings (SSSR count). The topological polar surface area (TPSA) is 12.0 Å². The standard InChI is InChI=1S/C11H17NS/c1-3-8-12-9(2)10-4-6-11(13)7-5-10/h4-7,9,12-13H,3,8H2,1-2H3. The van der Waals surface area contributed by atoms with Crippen molar-refractivity contribution < 1.29 is 0 Å². The van der Waals surface area contributed by atoms with Crippen molar-refractivity contribution in [2.45, 2.75) is 31.2 Å². The molecule has 0 heterocycles. The first-order valence-electron chi connectivity index (χ1n) is 4.76. The van der Waals surface area contributed by atoms with E-state index in [0.717, 1.165) is 11.4 Å². The maximum atomic E-state index is 4.25. The van der Waals surface area contributed by atoms with Crippen molar-refractivity contribution in [3.05, 3.63) is 29.8 Å². The summed E-state index contributed by atoms with van der Waals surface area (Å²) in [6, 6.07) is 8.74. The van der Waals surface area contributed by atoms with E-state index in [2.05, 4.69) is 43.9 Å². The summed E-state index contributed by atoms with van der Waals surface area (Å²) in [4.78, 5) is 1.02. The SMILES string of the molecule is CCCNC(C)c1ccc(S)cc1. The minimum absolute atomic E-state index is 0.439. The molecular formula is C11H17NS. The van der Waals surface area contributed by atoms with Gasteiger partial charge in [-0.05, 0) is 37.6 Å². The third-order valence-corrected chi connectivity index (χ3v) is 2.39. The van der Waals surface area contributed by atoms with Gasteiger partial charge in [-0.15, -0.1) is 12.6 Å². The smallest absolute Gasteiger partial charge is 0.0291 e. The summed E-state index contributed by atoms with van der Waals surface area (Å²) in [6.07, 6.45) is 1.18. The lowest BCUT2D eigenvalue weighted by molar-refractivity contribution is 0.570. The summed E-state index contributed by atoms with van der Waals surface area (Å²) < 4.78 is 0. The maximum absolute atomic E-state index is 4.25. The lowest BCUT2D eigenvalue weighted by Gasteiger charge is -2.13. The van der Waals surface area contributed by atoms with E-state index in [4.69, 9.17) is 0 Å². The average Bonchev–Trinajstić information content (AvgIpc) is 2.15. The van der Waals surface area contributed by atoms with Gasteiger partial charge in [0.15, 0.2) is 0 Å². The molecule has 0 saturated heterocycles. The number of hydrogen-bond acceptors (Lipinski definition) is 2. The van der Waals surface area contributed by atoms with Gasteiger partial charge in [-0.3, -0.25) is 0 Å². The molecule has 1 aromatic carbocycles. The Balaban J connectivity index is 2.55. The van der Waals surface area contributed by atoms with Gasteiger partial charge in [0, 0.05) is 10.9 Å². The summed E-state index contributed by atoms with van der Waals surface area (Å²) in [5.74, 6) is 0. The first-order chi connectivity index (χ1) is 6.24. The highest BCUT2D eigenvalue weighted by Crippen LogP contribution is 2.14. The zero-order chi connectivity index (χ0) is 9.68. The molecule has 72 valence electrons. The molecule has 1 atom stereocenters. The molecule has 0 saturated carbocycles. The maximum Gasteiger partial charge on any atom is 0.0291 e. The van der Waals surface area contributed by atoms with Crippen LogP contribution in [0.5, 0.6) is 0 Å². The third kappa shape index (κ3) is 3.41.